The molecule has 2 fully saturated rings. The monoisotopic (exact) mass is 455 g/mol. The lowest BCUT2D eigenvalue weighted by atomic mass is 9.75. The third-order valence-corrected chi connectivity index (χ3v) is 6.09. The van der Waals surface area contributed by atoms with Crippen molar-refractivity contribution in [1.82, 2.24) is 14.8 Å². The maximum Gasteiger partial charge on any atom is 0.241 e. The van der Waals surface area contributed by atoms with Crippen LogP contribution in [0, 0.1) is 5.82 Å². The Labute approximate surface area is 191 Å². The zero-order chi connectivity index (χ0) is 23.4. The van der Waals surface area contributed by atoms with Crippen LogP contribution in [-0.4, -0.2) is 72.0 Å². The number of rotatable bonds is 7. The van der Waals surface area contributed by atoms with Crippen molar-refractivity contribution in [2.24, 2.45) is 0 Å². The SMILES string of the molecule is CN(C[C@@H]1COCCO1)C(=O)C[C@]1(c2cccc(F)c2)CC(=O)N(Cc2cccnc2)C1=O. The molecule has 0 aliphatic carbocycles. The molecule has 0 bridgehead atoms. The van der Waals surface area contributed by atoms with E-state index in [4.69, 9.17) is 9.47 Å². The van der Waals surface area contributed by atoms with Crippen LogP contribution in [0.2, 0.25) is 0 Å². The van der Waals surface area contributed by atoms with Crippen LogP contribution in [0.4, 0.5) is 4.39 Å². The van der Waals surface area contributed by atoms with Crippen molar-refractivity contribution >= 4 is 17.7 Å². The van der Waals surface area contributed by atoms with Crippen molar-refractivity contribution in [3.05, 3.63) is 65.7 Å². The fourth-order valence-corrected chi connectivity index (χ4v) is 4.33. The highest BCUT2D eigenvalue weighted by molar-refractivity contribution is 6.10. The fourth-order valence-electron chi connectivity index (χ4n) is 4.33. The molecule has 2 atom stereocenters. The first kappa shape index (κ1) is 23.0. The predicted molar refractivity (Wildman–Crippen MR) is 115 cm³/mol. The average molecular weight is 455 g/mol. The second-order valence-corrected chi connectivity index (χ2v) is 8.43. The van der Waals surface area contributed by atoms with E-state index in [9.17, 15) is 18.8 Å². The molecule has 0 radical (unpaired) electrons. The van der Waals surface area contributed by atoms with Crippen LogP contribution in [0.25, 0.3) is 0 Å². The molecule has 2 saturated heterocycles. The first-order valence-corrected chi connectivity index (χ1v) is 10.8. The highest BCUT2D eigenvalue weighted by Gasteiger charge is 2.54. The summed E-state index contributed by atoms with van der Waals surface area (Å²) in [7, 11) is 1.62. The summed E-state index contributed by atoms with van der Waals surface area (Å²) in [5.41, 5.74) is -0.475. The molecule has 1 aromatic heterocycles. The number of ether oxygens (including phenoxy) is 2. The number of carbonyl (C=O) groups excluding carboxylic acids is 3. The van der Waals surface area contributed by atoms with Crippen LogP contribution in [0.1, 0.15) is 24.0 Å². The quantitative estimate of drug-likeness (QED) is 0.591. The Bertz CT molecular complexity index is 1030. The average Bonchev–Trinajstić information content (AvgIpc) is 3.05. The van der Waals surface area contributed by atoms with Gasteiger partial charge in [-0.2, -0.15) is 0 Å². The maximum absolute atomic E-state index is 14.1. The second kappa shape index (κ2) is 9.76. The molecular weight excluding hydrogens is 429 g/mol. The normalized spacial score (nSPS) is 23.1. The Morgan fingerprint density at radius 3 is 2.82 bits per heavy atom. The number of likely N-dealkylation sites (tertiary alicyclic amines) is 1. The van der Waals surface area contributed by atoms with Gasteiger partial charge in [0, 0.05) is 38.8 Å². The summed E-state index contributed by atoms with van der Waals surface area (Å²) >= 11 is 0. The highest BCUT2D eigenvalue weighted by atomic mass is 19.1. The van der Waals surface area contributed by atoms with E-state index in [1.807, 2.05) is 0 Å². The fraction of sp³-hybridized carbons (Fsp3) is 0.417. The standard InChI is InChI=1S/C24H26FN3O5/c1-27(15-20-16-32-8-9-33-20)21(29)11-24(18-5-2-6-19(25)10-18)12-22(30)28(23(24)31)14-17-4-3-7-26-13-17/h2-7,10,13,20H,8-9,11-12,14-16H2,1H3/t20-,24-/m1/s1. The number of aromatic nitrogens is 1. The minimum atomic E-state index is -1.48. The third-order valence-electron chi connectivity index (χ3n) is 6.09. The molecule has 9 heteroatoms. The van der Waals surface area contributed by atoms with Gasteiger partial charge in [-0.3, -0.25) is 24.3 Å². The Kier molecular flexibility index (Phi) is 6.80. The Balaban J connectivity index is 1.60. The van der Waals surface area contributed by atoms with Crippen LogP contribution >= 0.6 is 0 Å². The lowest BCUT2D eigenvalue weighted by molar-refractivity contribution is -0.144. The molecule has 2 aromatic rings. The topological polar surface area (TPSA) is 89.0 Å². The number of nitrogens with zero attached hydrogens (tertiary/aromatic N) is 3. The zero-order valence-electron chi connectivity index (χ0n) is 18.4. The van der Waals surface area contributed by atoms with Gasteiger partial charge in [0.25, 0.3) is 0 Å². The van der Waals surface area contributed by atoms with Crippen molar-refractivity contribution in [2.45, 2.75) is 30.9 Å². The summed E-state index contributed by atoms with van der Waals surface area (Å²) < 4.78 is 25.1. The molecule has 0 N–H and O–H groups in total. The van der Waals surface area contributed by atoms with Crippen molar-refractivity contribution in [3.8, 4) is 0 Å². The summed E-state index contributed by atoms with van der Waals surface area (Å²) in [5.74, 6) is -1.79. The van der Waals surface area contributed by atoms with Gasteiger partial charge in [-0.05, 0) is 29.3 Å². The van der Waals surface area contributed by atoms with E-state index in [0.29, 0.717) is 37.5 Å². The molecule has 0 spiro atoms. The number of pyridine rings is 1. The predicted octanol–water partition coefficient (Wildman–Crippen LogP) is 1.68. The number of imide groups is 1. The van der Waals surface area contributed by atoms with Gasteiger partial charge in [0.15, 0.2) is 0 Å². The van der Waals surface area contributed by atoms with Gasteiger partial charge in [0.1, 0.15) is 5.82 Å². The van der Waals surface area contributed by atoms with E-state index in [1.54, 1.807) is 37.6 Å². The first-order chi connectivity index (χ1) is 15.9. The van der Waals surface area contributed by atoms with Crippen LogP contribution in [0.3, 0.4) is 0 Å². The Hall–Kier alpha value is -3.17. The molecule has 2 aliphatic heterocycles. The van der Waals surface area contributed by atoms with E-state index in [2.05, 4.69) is 4.98 Å². The number of hydrogen-bond donors (Lipinski definition) is 0. The molecule has 3 heterocycles. The molecule has 4 rings (SSSR count). The smallest absolute Gasteiger partial charge is 0.241 e. The van der Waals surface area contributed by atoms with Crippen molar-refractivity contribution in [2.75, 3.05) is 33.4 Å². The van der Waals surface area contributed by atoms with Gasteiger partial charge < -0.3 is 14.4 Å². The van der Waals surface area contributed by atoms with Crippen LogP contribution in [-0.2, 0) is 35.8 Å². The minimum Gasteiger partial charge on any atom is -0.376 e. The number of hydrogen-bond acceptors (Lipinski definition) is 6. The third kappa shape index (κ3) is 4.94. The second-order valence-electron chi connectivity index (χ2n) is 8.43. The molecule has 1 aromatic carbocycles. The Morgan fingerprint density at radius 1 is 1.27 bits per heavy atom. The molecule has 33 heavy (non-hydrogen) atoms. The van der Waals surface area contributed by atoms with Gasteiger partial charge in [-0.25, -0.2) is 4.39 Å². The number of carbonyl (C=O) groups is 3. The molecule has 0 saturated carbocycles. The number of halogens is 1. The van der Waals surface area contributed by atoms with Gasteiger partial charge in [-0.15, -0.1) is 0 Å². The largest absolute Gasteiger partial charge is 0.376 e. The van der Waals surface area contributed by atoms with E-state index in [0.717, 1.165) is 4.90 Å². The number of benzene rings is 1. The lowest BCUT2D eigenvalue weighted by Crippen LogP contribution is -2.45. The van der Waals surface area contributed by atoms with Crippen molar-refractivity contribution in [1.29, 1.82) is 0 Å². The first-order valence-electron chi connectivity index (χ1n) is 10.8. The summed E-state index contributed by atoms with van der Waals surface area (Å²) in [6.45, 7) is 1.68. The van der Waals surface area contributed by atoms with Gasteiger partial charge in [-0.1, -0.05) is 18.2 Å². The van der Waals surface area contributed by atoms with E-state index < -0.39 is 23.0 Å². The van der Waals surface area contributed by atoms with E-state index >= 15 is 0 Å². The molecule has 2 aliphatic rings. The lowest BCUT2D eigenvalue weighted by Gasteiger charge is -2.31. The van der Waals surface area contributed by atoms with Crippen LogP contribution in [0.15, 0.2) is 48.8 Å². The zero-order valence-corrected chi connectivity index (χ0v) is 18.4. The minimum absolute atomic E-state index is 0.0415. The summed E-state index contributed by atoms with van der Waals surface area (Å²) in [6, 6.07) is 9.05. The Morgan fingerprint density at radius 2 is 2.12 bits per heavy atom. The highest BCUT2D eigenvalue weighted by Crippen LogP contribution is 2.41. The van der Waals surface area contributed by atoms with E-state index in [1.165, 1.54) is 23.1 Å². The molecular formula is C24H26FN3O5. The van der Waals surface area contributed by atoms with Crippen molar-refractivity contribution < 1.29 is 28.2 Å². The maximum atomic E-state index is 14.1. The van der Waals surface area contributed by atoms with Gasteiger partial charge in [0.05, 0.1) is 37.9 Å². The number of amides is 3. The molecule has 8 nitrogen and oxygen atoms in total. The molecule has 174 valence electrons. The van der Waals surface area contributed by atoms with Crippen LogP contribution in [0.5, 0.6) is 0 Å². The number of likely N-dealkylation sites (N-methyl/N-ethyl adjacent to an activating group) is 1. The van der Waals surface area contributed by atoms with Gasteiger partial charge >= 0.3 is 0 Å². The van der Waals surface area contributed by atoms with Crippen LogP contribution < -0.4 is 0 Å². The van der Waals surface area contributed by atoms with Crippen molar-refractivity contribution in [3.63, 3.8) is 0 Å². The van der Waals surface area contributed by atoms with E-state index in [-0.39, 0.29) is 31.4 Å². The summed E-state index contributed by atoms with van der Waals surface area (Å²) in [5, 5.41) is 0. The van der Waals surface area contributed by atoms with Gasteiger partial charge in [0.2, 0.25) is 17.7 Å². The summed E-state index contributed by atoms with van der Waals surface area (Å²) in [6.07, 6.45) is 2.45. The molecule has 0 unspecified atom stereocenters. The summed E-state index contributed by atoms with van der Waals surface area (Å²) in [4.78, 5) is 46.4. The molecule has 3 amide bonds.